The van der Waals surface area contributed by atoms with Crippen LogP contribution in [0.2, 0.25) is 0 Å². The number of anilines is 1. The standard InChI is InChI=1S/C12H22N4O2S/c1-4-16-11(3)12(10(2)13-16)14-19(17,18)15-8-6-5-7-9-15/h14H,4-9H2,1-3H3. The molecule has 0 aliphatic carbocycles. The summed E-state index contributed by atoms with van der Waals surface area (Å²) in [4.78, 5) is 0. The first kappa shape index (κ1) is 14.3. The van der Waals surface area contributed by atoms with Crippen LogP contribution in [0.5, 0.6) is 0 Å². The van der Waals surface area contributed by atoms with Crippen molar-refractivity contribution in [3.8, 4) is 0 Å². The Morgan fingerprint density at radius 2 is 1.84 bits per heavy atom. The normalized spacial score (nSPS) is 17.6. The Kier molecular flexibility index (Phi) is 4.15. The highest BCUT2D eigenvalue weighted by molar-refractivity contribution is 7.90. The lowest BCUT2D eigenvalue weighted by atomic mass is 10.2. The Bertz CT molecular complexity index is 544. The first-order valence-corrected chi connectivity index (χ1v) is 8.21. The van der Waals surface area contributed by atoms with Crippen LogP contribution in [-0.4, -0.2) is 35.6 Å². The van der Waals surface area contributed by atoms with Gasteiger partial charge in [0.05, 0.1) is 17.1 Å². The molecule has 1 aliphatic rings. The molecule has 2 heterocycles. The maximum absolute atomic E-state index is 12.3. The molecule has 0 atom stereocenters. The Morgan fingerprint density at radius 1 is 1.21 bits per heavy atom. The molecule has 19 heavy (non-hydrogen) atoms. The Labute approximate surface area is 115 Å². The van der Waals surface area contributed by atoms with Crippen LogP contribution in [0.1, 0.15) is 37.6 Å². The van der Waals surface area contributed by atoms with Gasteiger partial charge in [0.15, 0.2) is 0 Å². The van der Waals surface area contributed by atoms with E-state index in [2.05, 4.69) is 9.82 Å². The van der Waals surface area contributed by atoms with E-state index in [1.54, 1.807) is 0 Å². The maximum Gasteiger partial charge on any atom is 0.301 e. The summed E-state index contributed by atoms with van der Waals surface area (Å²) < 4.78 is 30.7. The van der Waals surface area contributed by atoms with Gasteiger partial charge < -0.3 is 0 Å². The number of aromatic nitrogens is 2. The van der Waals surface area contributed by atoms with Gasteiger partial charge >= 0.3 is 10.2 Å². The van der Waals surface area contributed by atoms with Gasteiger partial charge in [0.25, 0.3) is 0 Å². The summed E-state index contributed by atoms with van der Waals surface area (Å²) in [6, 6.07) is 0. The molecule has 0 radical (unpaired) electrons. The average Bonchev–Trinajstić information content (AvgIpc) is 2.67. The fourth-order valence-corrected chi connectivity index (χ4v) is 3.87. The van der Waals surface area contributed by atoms with Crippen molar-refractivity contribution in [3.05, 3.63) is 11.4 Å². The number of aryl methyl sites for hydroxylation is 2. The number of piperidine rings is 1. The number of nitrogens with zero attached hydrogens (tertiary/aromatic N) is 3. The second-order valence-electron chi connectivity index (χ2n) is 4.93. The van der Waals surface area contributed by atoms with Crippen LogP contribution in [0.4, 0.5) is 5.69 Å². The minimum Gasteiger partial charge on any atom is -0.268 e. The summed E-state index contributed by atoms with van der Waals surface area (Å²) in [5.41, 5.74) is 2.20. The predicted molar refractivity (Wildman–Crippen MR) is 75.3 cm³/mol. The highest BCUT2D eigenvalue weighted by Crippen LogP contribution is 2.23. The largest absolute Gasteiger partial charge is 0.301 e. The third-order valence-electron chi connectivity index (χ3n) is 3.57. The summed E-state index contributed by atoms with van der Waals surface area (Å²) in [7, 11) is -3.45. The van der Waals surface area contributed by atoms with Crippen LogP contribution in [0.3, 0.4) is 0 Å². The lowest BCUT2D eigenvalue weighted by Gasteiger charge is -2.26. The quantitative estimate of drug-likeness (QED) is 0.915. The third-order valence-corrected chi connectivity index (χ3v) is 5.07. The average molecular weight is 286 g/mol. The molecule has 1 fully saturated rings. The molecule has 0 aromatic carbocycles. The number of hydrogen-bond acceptors (Lipinski definition) is 3. The van der Waals surface area contributed by atoms with Crippen LogP contribution >= 0.6 is 0 Å². The summed E-state index contributed by atoms with van der Waals surface area (Å²) in [6.07, 6.45) is 2.98. The molecule has 0 amide bonds. The molecular formula is C12H22N4O2S. The van der Waals surface area contributed by atoms with Crippen molar-refractivity contribution < 1.29 is 8.42 Å². The molecule has 1 aromatic rings. The maximum atomic E-state index is 12.3. The molecule has 108 valence electrons. The van der Waals surface area contributed by atoms with Crippen molar-refractivity contribution in [2.24, 2.45) is 0 Å². The van der Waals surface area contributed by atoms with E-state index in [0.29, 0.717) is 18.8 Å². The van der Waals surface area contributed by atoms with Crippen LogP contribution in [0.15, 0.2) is 0 Å². The molecule has 0 unspecified atom stereocenters. The minimum absolute atomic E-state index is 0.606. The van der Waals surface area contributed by atoms with Crippen LogP contribution in [0, 0.1) is 13.8 Å². The molecule has 1 N–H and O–H groups in total. The molecule has 0 spiro atoms. The fourth-order valence-electron chi connectivity index (χ4n) is 2.45. The lowest BCUT2D eigenvalue weighted by Crippen LogP contribution is -2.39. The second-order valence-corrected chi connectivity index (χ2v) is 6.60. The van der Waals surface area contributed by atoms with Gasteiger partial charge in [0, 0.05) is 19.6 Å². The molecule has 1 aliphatic heterocycles. The summed E-state index contributed by atoms with van der Waals surface area (Å²) >= 11 is 0. The summed E-state index contributed by atoms with van der Waals surface area (Å²) in [5.74, 6) is 0. The van der Waals surface area contributed by atoms with E-state index in [0.717, 1.165) is 37.2 Å². The predicted octanol–water partition coefficient (Wildman–Crippen LogP) is 1.66. The SMILES string of the molecule is CCn1nc(C)c(NS(=O)(=O)N2CCCCC2)c1C. The molecule has 2 rings (SSSR count). The van der Waals surface area contributed by atoms with Gasteiger partial charge in [-0.1, -0.05) is 6.42 Å². The topological polar surface area (TPSA) is 67.2 Å². The zero-order chi connectivity index (χ0) is 14.0. The van der Waals surface area contributed by atoms with Crippen molar-refractivity contribution in [2.45, 2.75) is 46.6 Å². The van der Waals surface area contributed by atoms with Crippen LogP contribution in [0.25, 0.3) is 0 Å². The molecule has 0 saturated carbocycles. The van der Waals surface area contributed by atoms with E-state index in [9.17, 15) is 8.42 Å². The zero-order valence-corrected chi connectivity index (χ0v) is 12.6. The van der Waals surface area contributed by atoms with E-state index in [4.69, 9.17) is 0 Å². The summed E-state index contributed by atoms with van der Waals surface area (Å²) in [5, 5.41) is 4.33. The van der Waals surface area contributed by atoms with Crippen LogP contribution in [-0.2, 0) is 16.8 Å². The Balaban J connectivity index is 2.22. The number of hydrogen-bond donors (Lipinski definition) is 1. The van der Waals surface area contributed by atoms with Crippen molar-refractivity contribution in [3.63, 3.8) is 0 Å². The lowest BCUT2D eigenvalue weighted by molar-refractivity contribution is 0.349. The van der Waals surface area contributed by atoms with E-state index in [1.165, 1.54) is 4.31 Å². The molecule has 1 saturated heterocycles. The van der Waals surface area contributed by atoms with Gasteiger partial charge in [-0.25, -0.2) is 0 Å². The summed E-state index contributed by atoms with van der Waals surface area (Å²) in [6.45, 7) is 7.65. The number of rotatable bonds is 4. The van der Waals surface area contributed by atoms with Crippen molar-refractivity contribution in [1.82, 2.24) is 14.1 Å². The van der Waals surface area contributed by atoms with E-state index in [-0.39, 0.29) is 0 Å². The van der Waals surface area contributed by atoms with E-state index >= 15 is 0 Å². The molecule has 7 heteroatoms. The highest BCUT2D eigenvalue weighted by atomic mass is 32.2. The fraction of sp³-hybridized carbons (Fsp3) is 0.750. The van der Waals surface area contributed by atoms with Gasteiger partial charge in [-0.2, -0.15) is 17.8 Å². The minimum atomic E-state index is -3.45. The van der Waals surface area contributed by atoms with Gasteiger partial charge in [-0.15, -0.1) is 0 Å². The van der Waals surface area contributed by atoms with Gasteiger partial charge in [-0.3, -0.25) is 9.40 Å². The van der Waals surface area contributed by atoms with E-state index in [1.807, 2.05) is 25.5 Å². The Hall–Kier alpha value is -1.08. The van der Waals surface area contributed by atoms with Crippen molar-refractivity contribution >= 4 is 15.9 Å². The first-order valence-electron chi connectivity index (χ1n) is 6.77. The molecular weight excluding hydrogens is 264 g/mol. The molecule has 0 bridgehead atoms. The van der Waals surface area contributed by atoms with Gasteiger partial charge in [0.1, 0.15) is 0 Å². The molecule has 6 nitrogen and oxygen atoms in total. The zero-order valence-electron chi connectivity index (χ0n) is 11.8. The third kappa shape index (κ3) is 2.92. The first-order chi connectivity index (χ1) is 8.95. The molecule has 1 aromatic heterocycles. The Morgan fingerprint density at radius 3 is 2.37 bits per heavy atom. The van der Waals surface area contributed by atoms with Crippen molar-refractivity contribution in [1.29, 1.82) is 0 Å². The monoisotopic (exact) mass is 286 g/mol. The highest BCUT2D eigenvalue weighted by Gasteiger charge is 2.26. The van der Waals surface area contributed by atoms with Crippen LogP contribution < -0.4 is 4.72 Å². The van der Waals surface area contributed by atoms with Gasteiger partial charge in [-0.05, 0) is 33.6 Å². The van der Waals surface area contributed by atoms with Gasteiger partial charge in [0.2, 0.25) is 0 Å². The van der Waals surface area contributed by atoms with E-state index < -0.39 is 10.2 Å². The van der Waals surface area contributed by atoms with Crippen molar-refractivity contribution in [2.75, 3.05) is 17.8 Å². The second kappa shape index (κ2) is 5.50. The smallest absolute Gasteiger partial charge is 0.268 e. The number of nitrogens with one attached hydrogen (secondary N) is 1.